The lowest BCUT2D eigenvalue weighted by Gasteiger charge is -2.11. The van der Waals surface area contributed by atoms with E-state index in [9.17, 15) is 4.79 Å². The maximum atomic E-state index is 11.1. The summed E-state index contributed by atoms with van der Waals surface area (Å²) in [5, 5.41) is 9.50. The molecule has 1 N–H and O–H groups in total. The van der Waals surface area contributed by atoms with Crippen LogP contribution in [-0.4, -0.2) is 24.3 Å². The van der Waals surface area contributed by atoms with Crippen LogP contribution < -0.4 is 9.47 Å². The number of aromatic carboxylic acids is 1. The van der Waals surface area contributed by atoms with Crippen molar-refractivity contribution < 1.29 is 19.4 Å². The summed E-state index contributed by atoms with van der Waals surface area (Å²) in [6.07, 6.45) is 0. The van der Waals surface area contributed by atoms with Crippen molar-refractivity contribution in [1.29, 1.82) is 0 Å². The zero-order chi connectivity index (χ0) is 15.2. The van der Waals surface area contributed by atoms with E-state index in [-0.39, 0.29) is 17.9 Å². The Morgan fingerprint density at radius 1 is 1.10 bits per heavy atom. The second-order valence-corrected chi connectivity index (χ2v) is 4.84. The minimum atomic E-state index is -1.05. The third kappa shape index (κ3) is 4.13. The number of rotatable bonds is 6. The molecule has 0 saturated carbocycles. The number of carbonyl (C=O) groups is 1. The van der Waals surface area contributed by atoms with Crippen LogP contribution in [0.4, 0.5) is 0 Å². The standard InChI is InChI=1S/C16H15ClO4/c1-11-4-2-3-5-14(11)20-8-9-21-15-10-12(17)6-7-13(15)16(18)19/h2-7,10H,8-9H2,1H3,(H,18,19). The van der Waals surface area contributed by atoms with Crippen LogP contribution in [0.3, 0.4) is 0 Å². The first kappa shape index (κ1) is 15.2. The van der Waals surface area contributed by atoms with E-state index >= 15 is 0 Å². The molecule has 0 atom stereocenters. The minimum Gasteiger partial charge on any atom is -0.490 e. The highest BCUT2D eigenvalue weighted by Gasteiger charge is 2.11. The molecule has 0 aliphatic heterocycles. The molecule has 0 amide bonds. The normalized spacial score (nSPS) is 10.2. The van der Waals surface area contributed by atoms with E-state index in [0.29, 0.717) is 11.6 Å². The number of carboxylic acid groups (broad SMARTS) is 1. The molecular formula is C16H15ClO4. The fourth-order valence-corrected chi connectivity index (χ4v) is 1.98. The number of aryl methyl sites for hydroxylation is 1. The van der Waals surface area contributed by atoms with Crippen molar-refractivity contribution in [1.82, 2.24) is 0 Å². The van der Waals surface area contributed by atoms with E-state index in [1.165, 1.54) is 18.2 Å². The van der Waals surface area contributed by atoms with Gasteiger partial charge in [-0.25, -0.2) is 4.79 Å². The van der Waals surface area contributed by atoms with Crippen LogP contribution in [0.2, 0.25) is 5.02 Å². The molecule has 0 heterocycles. The Hall–Kier alpha value is -2.20. The van der Waals surface area contributed by atoms with Gasteiger partial charge in [-0.05, 0) is 36.8 Å². The lowest BCUT2D eigenvalue weighted by molar-refractivity contribution is 0.0691. The molecule has 110 valence electrons. The third-order valence-electron chi connectivity index (χ3n) is 2.87. The largest absolute Gasteiger partial charge is 0.490 e. The first-order valence-electron chi connectivity index (χ1n) is 6.42. The van der Waals surface area contributed by atoms with Gasteiger partial charge < -0.3 is 14.6 Å². The van der Waals surface area contributed by atoms with Gasteiger partial charge in [0.1, 0.15) is 30.3 Å². The predicted octanol–water partition coefficient (Wildman–Crippen LogP) is 3.80. The van der Waals surface area contributed by atoms with Crippen LogP contribution in [0, 0.1) is 6.92 Å². The zero-order valence-electron chi connectivity index (χ0n) is 11.5. The van der Waals surface area contributed by atoms with Crippen LogP contribution >= 0.6 is 11.6 Å². The Bertz CT molecular complexity index is 640. The molecule has 0 aliphatic carbocycles. The highest BCUT2D eigenvalue weighted by Crippen LogP contribution is 2.23. The monoisotopic (exact) mass is 306 g/mol. The first-order chi connectivity index (χ1) is 10.1. The van der Waals surface area contributed by atoms with Crippen LogP contribution in [-0.2, 0) is 0 Å². The summed E-state index contributed by atoms with van der Waals surface area (Å²) >= 11 is 5.85. The van der Waals surface area contributed by atoms with Gasteiger partial charge in [0.15, 0.2) is 0 Å². The summed E-state index contributed by atoms with van der Waals surface area (Å²) in [5.41, 5.74) is 1.11. The van der Waals surface area contributed by atoms with E-state index in [0.717, 1.165) is 11.3 Å². The molecule has 0 fully saturated rings. The van der Waals surface area contributed by atoms with Crippen LogP contribution in [0.5, 0.6) is 11.5 Å². The van der Waals surface area contributed by atoms with Crippen molar-refractivity contribution in [2.24, 2.45) is 0 Å². The highest BCUT2D eigenvalue weighted by atomic mass is 35.5. The van der Waals surface area contributed by atoms with Gasteiger partial charge in [0.2, 0.25) is 0 Å². The van der Waals surface area contributed by atoms with E-state index in [2.05, 4.69) is 0 Å². The van der Waals surface area contributed by atoms with Gasteiger partial charge in [0.05, 0.1) is 0 Å². The SMILES string of the molecule is Cc1ccccc1OCCOc1cc(Cl)ccc1C(=O)O. The first-order valence-corrected chi connectivity index (χ1v) is 6.80. The number of ether oxygens (including phenoxy) is 2. The third-order valence-corrected chi connectivity index (χ3v) is 3.10. The topological polar surface area (TPSA) is 55.8 Å². The van der Waals surface area contributed by atoms with Crippen molar-refractivity contribution in [3.63, 3.8) is 0 Å². The maximum Gasteiger partial charge on any atom is 0.339 e. The molecule has 4 nitrogen and oxygen atoms in total. The Morgan fingerprint density at radius 2 is 1.76 bits per heavy atom. The van der Waals surface area contributed by atoms with Gasteiger partial charge in [0, 0.05) is 5.02 Å². The van der Waals surface area contributed by atoms with E-state index in [4.69, 9.17) is 26.2 Å². The van der Waals surface area contributed by atoms with Crippen LogP contribution in [0.1, 0.15) is 15.9 Å². The summed E-state index contributed by atoms with van der Waals surface area (Å²) in [6.45, 7) is 2.50. The number of para-hydroxylation sites is 1. The second kappa shape index (κ2) is 6.99. The molecule has 0 radical (unpaired) electrons. The summed E-state index contributed by atoms with van der Waals surface area (Å²) < 4.78 is 11.0. The highest BCUT2D eigenvalue weighted by molar-refractivity contribution is 6.30. The number of hydrogen-bond acceptors (Lipinski definition) is 3. The quantitative estimate of drug-likeness (QED) is 0.825. The van der Waals surface area contributed by atoms with E-state index in [1.807, 2.05) is 31.2 Å². The number of benzene rings is 2. The van der Waals surface area contributed by atoms with Gasteiger partial charge in [-0.15, -0.1) is 0 Å². The van der Waals surface area contributed by atoms with Gasteiger partial charge >= 0.3 is 5.97 Å². The van der Waals surface area contributed by atoms with Gasteiger partial charge in [-0.3, -0.25) is 0 Å². The van der Waals surface area contributed by atoms with Gasteiger partial charge in [-0.2, -0.15) is 0 Å². The molecule has 0 aliphatic rings. The van der Waals surface area contributed by atoms with Crippen molar-refractivity contribution in [2.45, 2.75) is 6.92 Å². The van der Waals surface area contributed by atoms with Crippen molar-refractivity contribution in [3.8, 4) is 11.5 Å². The van der Waals surface area contributed by atoms with Crippen LogP contribution in [0.15, 0.2) is 42.5 Å². The maximum absolute atomic E-state index is 11.1. The van der Waals surface area contributed by atoms with Crippen LogP contribution in [0.25, 0.3) is 0 Å². The summed E-state index contributed by atoms with van der Waals surface area (Å²) in [5.74, 6) is -0.0319. The van der Waals surface area contributed by atoms with Gasteiger partial charge in [-0.1, -0.05) is 29.8 Å². The van der Waals surface area contributed by atoms with E-state index < -0.39 is 5.97 Å². The average Bonchev–Trinajstić information content (AvgIpc) is 2.45. The smallest absolute Gasteiger partial charge is 0.339 e. The Balaban J connectivity index is 1.93. The molecule has 5 heteroatoms. The summed E-state index contributed by atoms with van der Waals surface area (Å²) in [7, 11) is 0. The molecule has 2 aromatic rings. The molecule has 0 spiro atoms. The second-order valence-electron chi connectivity index (χ2n) is 4.41. The Kier molecular flexibility index (Phi) is 5.06. The molecule has 2 rings (SSSR count). The summed E-state index contributed by atoms with van der Waals surface area (Å²) in [6, 6.07) is 12.1. The lowest BCUT2D eigenvalue weighted by atomic mass is 10.2. The van der Waals surface area contributed by atoms with Crippen molar-refractivity contribution in [3.05, 3.63) is 58.6 Å². The fraction of sp³-hybridized carbons (Fsp3) is 0.188. The lowest BCUT2D eigenvalue weighted by Crippen LogP contribution is -2.11. The average molecular weight is 307 g/mol. The molecule has 0 unspecified atom stereocenters. The fourth-order valence-electron chi connectivity index (χ4n) is 1.81. The Morgan fingerprint density at radius 3 is 2.43 bits per heavy atom. The minimum absolute atomic E-state index is 0.0790. The summed E-state index contributed by atoms with van der Waals surface area (Å²) in [4.78, 5) is 11.1. The zero-order valence-corrected chi connectivity index (χ0v) is 12.3. The predicted molar refractivity (Wildman–Crippen MR) is 80.6 cm³/mol. The number of hydrogen-bond donors (Lipinski definition) is 1. The van der Waals surface area contributed by atoms with E-state index in [1.54, 1.807) is 0 Å². The molecule has 0 saturated heterocycles. The molecule has 0 bridgehead atoms. The molecular weight excluding hydrogens is 292 g/mol. The number of carboxylic acids is 1. The molecule has 2 aromatic carbocycles. The van der Waals surface area contributed by atoms with Crippen molar-refractivity contribution in [2.75, 3.05) is 13.2 Å². The number of halogens is 1. The van der Waals surface area contributed by atoms with Gasteiger partial charge in [0.25, 0.3) is 0 Å². The molecule has 0 aromatic heterocycles. The Labute approximate surface area is 127 Å². The van der Waals surface area contributed by atoms with Crippen molar-refractivity contribution >= 4 is 17.6 Å². The molecule has 21 heavy (non-hydrogen) atoms.